The summed E-state index contributed by atoms with van der Waals surface area (Å²) < 4.78 is 13.1. The maximum absolute atomic E-state index is 13.1. The molecule has 1 aromatic heterocycles. The van der Waals surface area contributed by atoms with Crippen molar-refractivity contribution < 1.29 is 19.1 Å². The Kier molecular flexibility index (Phi) is 4.56. The summed E-state index contributed by atoms with van der Waals surface area (Å²) in [6, 6.07) is 2.78. The van der Waals surface area contributed by atoms with Crippen LogP contribution in [0.2, 0.25) is 0 Å². The Morgan fingerprint density at radius 2 is 2.29 bits per heavy atom. The topological polar surface area (TPSA) is 79.3 Å². The number of aliphatic carboxylic acids is 1. The second-order valence-electron chi connectivity index (χ2n) is 3.75. The molecule has 0 radical (unpaired) electrons. The molecule has 1 rings (SSSR count). The number of rotatable bonds is 5. The van der Waals surface area contributed by atoms with Crippen LogP contribution in [0.25, 0.3) is 0 Å². The molecule has 5 nitrogen and oxygen atoms in total. The Hall–Kier alpha value is -1.98. The van der Waals surface area contributed by atoms with Crippen LogP contribution in [0.5, 0.6) is 0 Å². The minimum Gasteiger partial charge on any atom is -0.481 e. The standard InChI is InChI=1S/C11H13FN2O3/c1-7(5-9(15)16)6-14-11(17)8-3-2-4-13-10(8)12/h2-4,7H,5-6H2,1H3,(H,14,17)(H,15,16). The molecular formula is C11H13FN2O3. The second-order valence-corrected chi connectivity index (χ2v) is 3.75. The molecule has 17 heavy (non-hydrogen) atoms. The van der Waals surface area contributed by atoms with Crippen molar-refractivity contribution in [2.24, 2.45) is 5.92 Å². The molecule has 0 bridgehead atoms. The molecule has 0 aliphatic heterocycles. The third kappa shape index (κ3) is 4.18. The average molecular weight is 240 g/mol. The van der Waals surface area contributed by atoms with Gasteiger partial charge in [-0.05, 0) is 18.1 Å². The zero-order valence-corrected chi connectivity index (χ0v) is 9.31. The van der Waals surface area contributed by atoms with E-state index in [-0.39, 0.29) is 24.4 Å². The highest BCUT2D eigenvalue weighted by atomic mass is 19.1. The van der Waals surface area contributed by atoms with Gasteiger partial charge in [-0.1, -0.05) is 6.92 Å². The zero-order chi connectivity index (χ0) is 12.8. The van der Waals surface area contributed by atoms with Crippen molar-refractivity contribution in [3.63, 3.8) is 0 Å². The van der Waals surface area contributed by atoms with E-state index in [0.29, 0.717) is 0 Å². The quantitative estimate of drug-likeness (QED) is 0.754. The molecule has 2 N–H and O–H groups in total. The van der Waals surface area contributed by atoms with E-state index < -0.39 is 17.8 Å². The van der Waals surface area contributed by atoms with Crippen LogP contribution in [0.4, 0.5) is 4.39 Å². The number of amides is 1. The van der Waals surface area contributed by atoms with Crippen LogP contribution in [0.15, 0.2) is 18.3 Å². The van der Waals surface area contributed by atoms with Gasteiger partial charge in [-0.2, -0.15) is 4.39 Å². The zero-order valence-electron chi connectivity index (χ0n) is 9.31. The SMILES string of the molecule is CC(CNC(=O)c1cccnc1F)CC(=O)O. The Labute approximate surface area is 97.7 Å². The number of carbonyl (C=O) groups excluding carboxylic acids is 1. The number of carbonyl (C=O) groups is 2. The van der Waals surface area contributed by atoms with Crippen LogP contribution in [-0.4, -0.2) is 28.5 Å². The van der Waals surface area contributed by atoms with Crippen molar-refractivity contribution in [2.75, 3.05) is 6.54 Å². The highest BCUT2D eigenvalue weighted by Gasteiger charge is 2.13. The fourth-order valence-electron chi connectivity index (χ4n) is 1.29. The molecule has 0 aromatic carbocycles. The van der Waals surface area contributed by atoms with Gasteiger partial charge in [0, 0.05) is 19.2 Å². The van der Waals surface area contributed by atoms with Gasteiger partial charge in [0.2, 0.25) is 5.95 Å². The van der Waals surface area contributed by atoms with Crippen LogP contribution in [0.3, 0.4) is 0 Å². The number of nitrogens with one attached hydrogen (secondary N) is 1. The summed E-state index contributed by atoms with van der Waals surface area (Å²) >= 11 is 0. The van der Waals surface area contributed by atoms with E-state index in [1.165, 1.54) is 18.3 Å². The molecule has 0 saturated heterocycles. The Bertz CT molecular complexity index is 423. The van der Waals surface area contributed by atoms with Crippen LogP contribution < -0.4 is 5.32 Å². The molecule has 0 fully saturated rings. The van der Waals surface area contributed by atoms with Crippen molar-refractivity contribution in [1.29, 1.82) is 0 Å². The summed E-state index contributed by atoms with van der Waals surface area (Å²) in [4.78, 5) is 25.3. The van der Waals surface area contributed by atoms with Crippen LogP contribution in [-0.2, 0) is 4.79 Å². The summed E-state index contributed by atoms with van der Waals surface area (Å²) in [6.07, 6.45) is 1.20. The Balaban J connectivity index is 2.51. The van der Waals surface area contributed by atoms with Gasteiger partial charge in [0.05, 0.1) is 5.56 Å². The lowest BCUT2D eigenvalue weighted by Crippen LogP contribution is -2.30. The van der Waals surface area contributed by atoms with Gasteiger partial charge in [0.1, 0.15) is 0 Å². The molecule has 1 aromatic rings. The molecule has 1 amide bonds. The molecule has 92 valence electrons. The molecule has 0 aliphatic carbocycles. The Morgan fingerprint density at radius 3 is 2.88 bits per heavy atom. The van der Waals surface area contributed by atoms with Gasteiger partial charge in [-0.3, -0.25) is 9.59 Å². The van der Waals surface area contributed by atoms with Gasteiger partial charge < -0.3 is 10.4 Å². The smallest absolute Gasteiger partial charge is 0.303 e. The van der Waals surface area contributed by atoms with Gasteiger partial charge in [0.15, 0.2) is 0 Å². The Morgan fingerprint density at radius 1 is 1.59 bits per heavy atom. The van der Waals surface area contributed by atoms with Crippen molar-refractivity contribution in [1.82, 2.24) is 10.3 Å². The van der Waals surface area contributed by atoms with E-state index in [1.54, 1.807) is 6.92 Å². The first-order valence-electron chi connectivity index (χ1n) is 5.11. The maximum atomic E-state index is 13.1. The number of halogens is 1. The average Bonchev–Trinajstić information content (AvgIpc) is 2.25. The monoisotopic (exact) mass is 240 g/mol. The van der Waals surface area contributed by atoms with Crippen LogP contribution >= 0.6 is 0 Å². The first kappa shape index (κ1) is 13.1. The van der Waals surface area contributed by atoms with Crippen molar-refractivity contribution in [3.05, 3.63) is 29.8 Å². The minimum absolute atomic E-state index is 0.0458. The summed E-state index contributed by atoms with van der Waals surface area (Å²) in [5, 5.41) is 11.0. The van der Waals surface area contributed by atoms with E-state index >= 15 is 0 Å². The molecule has 0 saturated carbocycles. The molecule has 1 unspecified atom stereocenters. The van der Waals surface area contributed by atoms with Gasteiger partial charge in [-0.15, -0.1) is 0 Å². The lowest BCUT2D eigenvalue weighted by Gasteiger charge is -2.10. The minimum atomic E-state index is -0.931. The first-order chi connectivity index (χ1) is 8.00. The molecule has 0 spiro atoms. The van der Waals surface area contributed by atoms with E-state index in [2.05, 4.69) is 10.3 Å². The number of pyridine rings is 1. The normalized spacial score (nSPS) is 11.9. The van der Waals surface area contributed by atoms with E-state index in [0.717, 1.165) is 0 Å². The number of hydrogen-bond donors (Lipinski definition) is 2. The fourth-order valence-corrected chi connectivity index (χ4v) is 1.29. The molecule has 1 atom stereocenters. The predicted molar refractivity (Wildman–Crippen MR) is 57.9 cm³/mol. The first-order valence-corrected chi connectivity index (χ1v) is 5.11. The van der Waals surface area contributed by atoms with Gasteiger partial charge >= 0.3 is 5.97 Å². The van der Waals surface area contributed by atoms with Crippen molar-refractivity contribution in [3.8, 4) is 0 Å². The van der Waals surface area contributed by atoms with Crippen molar-refractivity contribution >= 4 is 11.9 Å². The maximum Gasteiger partial charge on any atom is 0.303 e. The van der Waals surface area contributed by atoms with Crippen LogP contribution in [0.1, 0.15) is 23.7 Å². The number of carboxylic acid groups (broad SMARTS) is 1. The molecular weight excluding hydrogens is 227 g/mol. The van der Waals surface area contributed by atoms with Gasteiger partial charge in [-0.25, -0.2) is 4.98 Å². The second kappa shape index (κ2) is 5.93. The fraction of sp³-hybridized carbons (Fsp3) is 0.364. The third-order valence-corrected chi connectivity index (χ3v) is 2.14. The summed E-state index contributed by atoms with van der Waals surface area (Å²) in [5.74, 6) is -2.57. The molecule has 6 heteroatoms. The summed E-state index contributed by atoms with van der Waals surface area (Å²) in [6.45, 7) is 1.87. The lowest BCUT2D eigenvalue weighted by atomic mass is 10.1. The summed E-state index contributed by atoms with van der Waals surface area (Å²) in [7, 11) is 0. The molecule has 0 aliphatic rings. The number of hydrogen-bond acceptors (Lipinski definition) is 3. The number of aromatic nitrogens is 1. The number of carboxylic acids is 1. The lowest BCUT2D eigenvalue weighted by molar-refractivity contribution is -0.137. The number of nitrogens with zero attached hydrogens (tertiary/aromatic N) is 1. The van der Waals surface area contributed by atoms with E-state index in [4.69, 9.17) is 5.11 Å². The highest BCUT2D eigenvalue weighted by Crippen LogP contribution is 2.04. The van der Waals surface area contributed by atoms with Crippen molar-refractivity contribution in [2.45, 2.75) is 13.3 Å². The third-order valence-electron chi connectivity index (χ3n) is 2.14. The molecule has 1 heterocycles. The largest absolute Gasteiger partial charge is 0.481 e. The van der Waals surface area contributed by atoms with Crippen LogP contribution in [0, 0.1) is 11.9 Å². The highest BCUT2D eigenvalue weighted by molar-refractivity contribution is 5.94. The predicted octanol–water partition coefficient (Wildman–Crippen LogP) is 1.06. The summed E-state index contributed by atoms with van der Waals surface area (Å²) in [5.41, 5.74) is -0.143. The van der Waals surface area contributed by atoms with E-state index in [1.807, 2.05) is 0 Å². The van der Waals surface area contributed by atoms with E-state index in [9.17, 15) is 14.0 Å². The van der Waals surface area contributed by atoms with Gasteiger partial charge in [0.25, 0.3) is 5.91 Å².